The Kier molecular flexibility index (Phi) is 7.90. The molecule has 2 heterocycles. The number of aliphatic hydroxyl groups excluding tert-OH is 1. The molecule has 11 nitrogen and oxygen atoms in total. The van der Waals surface area contributed by atoms with Crippen molar-refractivity contribution in [3.05, 3.63) is 52.0 Å². The van der Waals surface area contributed by atoms with Crippen molar-refractivity contribution in [3.63, 3.8) is 0 Å². The summed E-state index contributed by atoms with van der Waals surface area (Å²) in [7, 11) is 3.42. The van der Waals surface area contributed by atoms with Crippen LogP contribution in [-0.4, -0.2) is 65.6 Å². The maximum atomic E-state index is 13.2. The number of amides is 1. The molecule has 1 amide bonds. The molecular weight excluding hydrogens is 462 g/mol. The number of hydrogen-bond acceptors (Lipinski definition) is 9. The van der Waals surface area contributed by atoms with Gasteiger partial charge in [-0.25, -0.2) is 4.99 Å². The maximum Gasteiger partial charge on any atom is 0.274 e. The van der Waals surface area contributed by atoms with Crippen LogP contribution in [0, 0.1) is 0 Å². The van der Waals surface area contributed by atoms with E-state index >= 15 is 0 Å². The second kappa shape index (κ2) is 11.1. The minimum absolute atomic E-state index is 0.0195. The lowest BCUT2D eigenvalue weighted by Gasteiger charge is -2.34. The van der Waals surface area contributed by atoms with E-state index in [1.807, 2.05) is 0 Å². The Balaban J connectivity index is 1.61. The molecule has 36 heavy (non-hydrogen) atoms. The molecule has 194 valence electrons. The molecule has 1 aromatic heterocycles. The molecule has 1 aliphatic heterocycles. The fourth-order valence-electron chi connectivity index (χ4n) is 4.81. The van der Waals surface area contributed by atoms with Gasteiger partial charge in [0.1, 0.15) is 17.3 Å². The highest BCUT2D eigenvalue weighted by Crippen LogP contribution is 2.31. The van der Waals surface area contributed by atoms with Crippen molar-refractivity contribution >= 4 is 24.1 Å². The minimum atomic E-state index is -0.521. The van der Waals surface area contributed by atoms with Crippen LogP contribution in [0.5, 0.6) is 0 Å². The first kappa shape index (κ1) is 25.6. The molecule has 0 bridgehead atoms. The standard InChI is InChI=1S/C25H35N7O4/c1-15(24(34)28-16-7-5-8-17(13-16)36-4)23-30-21(14-22(26-2)32(23)27-3)29-18-9-6-12-31(25(18)35)19-10-11-20(19)33/h6,9,12,14,16-17,19-20,26,33H,3,5,7-8,10-11,13H2,1-2,4H3,(H,28,34)(H,29,30)/b23-15+/t16?,17-,19+,20-/m1/s1. The van der Waals surface area contributed by atoms with Crippen LogP contribution in [0.25, 0.3) is 0 Å². The Morgan fingerprint density at radius 3 is 2.75 bits per heavy atom. The van der Waals surface area contributed by atoms with Crippen molar-refractivity contribution < 1.29 is 14.6 Å². The summed E-state index contributed by atoms with van der Waals surface area (Å²) in [5.74, 6) is 0.943. The van der Waals surface area contributed by atoms with Crippen LogP contribution in [0.2, 0.25) is 0 Å². The van der Waals surface area contributed by atoms with E-state index in [1.165, 1.54) is 5.01 Å². The van der Waals surface area contributed by atoms with E-state index in [-0.39, 0.29) is 29.7 Å². The predicted octanol–water partition coefficient (Wildman–Crippen LogP) is 1.65. The van der Waals surface area contributed by atoms with Crippen molar-refractivity contribution in [2.75, 3.05) is 19.5 Å². The lowest BCUT2D eigenvalue weighted by atomic mass is 9.89. The largest absolute Gasteiger partial charge is 0.391 e. The topological polar surface area (TPSA) is 133 Å². The number of carbonyl (C=O) groups is 1. The first-order valence-electron chi connectivity index (χ1n) is 12.3. The van der Waals surface area contributed by atoms with Crippen molar-refractivity contribution in [3.8, 4) is 0 Å². The highest BCUT2D eigenvalue weighted by molar-refractivity contribution is 6.06. The number of amidine groups is 1. The van der Waals surface area contributed by atoms with Gasteiger partial charge < -0.3 is 30.4 Å². The Hall–Kier alpha value is -3.44. The first-order chi connectivity index (χ1) is 17.4. The van der Waals surface area contributed by atoms with Gasteiger partial charge in [0.2, 0.25) is 0 Å². The Morgan fingerprint density at radius 1 is 1.31 bits per heavy atom. The zero-order valence-electron chi connectivity index (χ0n) is 21.0. The molecule has 0 saturated heterocycles. The van der Waals surface area contributed by atoms with Crippen LogP contribution in [0.3, 0.4) is 0 Å². The number of nitrogens with one attached hydrogen (secondary N) is 3. The summed E-state index contributed by atoms with van der Waals surface area (Å²) in [6.07, 6.45) is 8.06. The lowest BCUT2D eigenvalue weighted by Crippen LogP contribution is -2.41. The van der Waals surface area contributed by atoms with Crippen LogP contribution >= 0.6 is 0 Å². The average Bonchev–Trinajstić information content (AvgIpc) is 2.89. The summed E-state index contributed by atoms with van der Waals surface area (Å²) >= 11 is 0. The van der Waals surface area contributed by atoms with Gasteiger partial charge in [-0.05, 0) is 57.6 Å². The summed E-state index contributed by atoms with van der Waals surface area (Å²) in [5, 5.41) is 24.7. The van der Waals surface area contributed by atoms with Gasteiger partial charge in [-0.1, -0.05) is 0 Å². The number of anilines is 1. The van der Waals surface area contributed by atoms with Gasteiger partial charge in [-0.15, -0.1) is 0 Å². The van der Waals surface area contributed by atoms with Gasteiger partial charge in [0, 0.05) is 39.2 Å². The van der Waals surface area contributed by atoms with E-state index in [9.17, 15) is 14.7 Å². The SMILES string of the molecule is C=NN1C(NC)=CC(Nc2cccn([C@H]3CC[C@H]3O)c2=O)=N/C1=C(/C)C(=O)NC1CCC[C@@H](OC)C1. The molecule has 4 rings (SSSR count). The highest BCUT2D eigenvalue weighted by Gasteiger charge is 2.32. The number of ether oxygens (including phenoxy) is 1. The van der Waals surface area contributed by atoms with Crippen LogP contribution in [0.1, 0.15) is 51.5 Å². The van der Waals surface area contributed by atoms with Crippen molar-refractivity contribution in [2.24, 2.45) is 10.1 Å². The average molecular weight is 498 g/mol. The number of pyridine rings is 1. The molecule has 11 heteroatoms. The molecule has 1 unspecified atom stereocenters. The Morgan fingerprint density at radius 2 is 2.11 bits per heavy atom. The lowest BCUT2D eigenvalue weighted by molar-refractivity contribution is -0.118. The minimum Gasteiger partial charge on any atom is -0.391 e. The number of methoxy groups -OCH3 is 1. The molecule has 0 spiro atoms. The predicted molar refractivity (Wildman–Crippen MR) is 138 cm³/mol. The highest BCUT2D eigenvalue weighted by atomic mass is 16.5. The molecule has 0 radical (unpaired) electrons. The van der Waals surface area contributed by atoms with Crippen LogP contribution in [0.15, 0.2) is 56.5 Å². The Bertz CT molecular complexity index is 1160. The summed E-state index contributed by atoms with van der Waals surface area (Å²) < 4.78 is 7.03. The van der Waals surface area contributed by atoms with Gasteiger partial charge in [0.25, 0.3) is 11.5 Å². The molecule has 3 aliphatic rings. The third kappa shape index (κ3) is 5.21. The molecule has 0 aromatic carbocycles. The summed E-state index contributed by atoms with van der Waals surface area (Å²) in [6, 6.07) is 3.21. The third-order valence-corrected chi connectivity index (χ3v) is 7.09. The number of aromatic nitrogens is 1. The quantitative estimate of drug-likeness (QED) is 0.333. The van der Waals surface area contributed by atoms with Crippen molar-refractivity contribution in [2.45, 2.75) is 69.7 Å². The van der Waals surface area contributed by atoms with Gasteiger partial charge in [0.05, 0.1) is 23.8 Å². The molecule has 2 fully saturated rings. The van der Waals surface area contributed by atoms with Crippen molar-refractivity contribution in [1.82, 2.24) is 20.2 Å². The number of nitrogens with zero attached hydrogens (tertiary/aromatic N) is 4. The second-order valence-electron chi connectivity index (χ2n) is 9.34. The maximum absolute atomic E-state index is 13.2. The molecular formula is C25H35N7O4. The van der Waals surface area contributed by atoms with Crippen molar-refractivity contribution in [1.29, 1.82) is 0 Å². The molecule has 4 N–H and O–H groups in total. The van der Waals surface area contributed by atoms with E-state index in [1.54, 1.807) is 50.1 Å². The zero-order valence-corrected chi connectivity index (χ0v) is 21.0. The Labute approximate surface area is 210 Å². The summed E-state index contributed by atoms with van der Waals surface area (Å²) in [4.78, 5) is 30.8. The first-order valence-corrected chi connectivity index (χ1v) is 12.3. The monoisotopic (exact) mass is 497 g/mol. The normalized spacial score (nSPS) is 27.3. The number of carbonyl (C=O) groups excluding carboxylic acids is 1. The second-order valence-corrected chi connectivity index (χ2v) is 9.34. The number of hydrazone groups is 1. The van der Waals surface area contributed by atoms with E-state index < -0.39 is 6.10 Å². The molecule has 2 aliphatic carbocycles. The number of hydrogen-bond donors (Lipinski definition) is 4. The van der Waals surface area contributed by atoms with E-state index in [0.29, 0.717) is 35.2 Å². The molecule has 1 aromatic rings. The van der Waals surface area contributed by atoms with Gasteiger partial charge in [0.15, 0.2) is 5.82 Å². The van der Waals surface area contributed by atoms with Crippen LogP contribution in [-0.2, 0) is 9.53 Å². The molecule has 4 atom stereocenters. The number of aliphatic imine (C=N–C) groups is 1. The van der Waals surface area contributed by atoms with Crippen LogP contribution in [0.4, 0.5) is 5.69 Å². The van der Waals surface area contributed by atoms with Gasteiger partial charge >= 0.3 is 0 Å². The van der Waals surface area contributed by atoms with Crippen LogP contribution < -0.4 is 21.5 Å². The third-order valence-electron chi connectivity index (χ3n) is 7.09. The van der Waals surface area contributed by atoms with E-state index in [0.717, 1.165) is 32.1 Å². The summed E-state index contributed by atoms with van der Waals surface area (Å²) in [5.41, 5.74) is 0.430. The number of rotatable bonds is 7. The fraction of sp³-hybridized carbons (Fsp3) is 0.520. The summed E-state index contributed by atoms with van der Waals surface area (Å²) in [6.45, 7) is 5.32. The fourth-order valence-corrected chi connectivity index (χ4v) is 4.81. The number of aliphatic hydroxyl groups is 1. The molecule has 2 saturated carbocycles. The van der Waals surface area contributed by atoms with E-state index in [2.05, 4.69) is 32.8 Å². The van der Waals surface area contributed by atoms with E-state index in [4.69, 9.17) is 4.74 Å². The smallest absolute Gasteiger partial charge is 0.274 e. The van der Waals surface area contributed by atoms with Gasteiger partial charge in [-0.3, -0.25) is 9.59 Å². The zero-order chi connectivity index (χ0) is 25.8. The van der Waals surface area contributed by atoms with Gasteiger partial charge in [-0.2, -0.15) is 10.1 Å².